The molecule has 29 heavy (non-hydrogen) atoms. The first-order chi connectivity index (χ1) is 14.0. The molecule has 2 heterocycles. The SMILES string of the molecule is CN1CCc2nc(C3(c4ccc(C(=O)Nc5ccccc5N)cc4)CC3)sc2C1. The highest BCUT2D eigenvalue weighted by molar-refractivity contribution is 7.12. The fourth-order valence-electron chi connectivity index (χ4n) is 4.02. The van der Waals surface area contributed by atoms with Crippen LogP contribution >= 0.6 is 11.3 Å². The summed E-state index contributed by atoms with van der Waals surface area (Å²) in [7, 11) is 2.17. The minimum Gasteiger partial charge on any atom is -0.397 e. The van der Waals surface area contributed by atoms with E-state index in [1.807, 2.05) is 41.7 Å². The van der Waals surface area contributed by atoms with Crippen molar-refractivity contribution < 1.29 is 4.79 Å². The summed E-state index contributed by atoms with van der Waals surface area (Å²) < 4.78 is 0. The molecule has 0 saturated heterocycles. The summed E-state index contributed by atoms with van der Waals surface area (Å²) in [6, 6.07) is 15.3. The van der Waals surface area contributed by atoms with Crippen LogP contribution in [-0.4, -0.2) is 29.4 Å². The number of nitrogen functional groups attached to an aromatic ring is 1. The van der Waals surface area contributed by atoms with E-state index in [2.05, 4.69) is 29.4 Å². The van der Waals surface area contributed by atoms with E-state index in [0.29, 0.717) is 16.9 Å². The minimum atomic E-state index is -0.146. The number of para-hydroxylation sites is 2. The maximum atomic E-state index is 12.6. The van der Waals surface area contributed by atoms with Gasteiger partial charge in [-0.15, -0.1) is 11.3 Å². The number of hydrogen-bond donors (Lipinski definition) is 2. The van der Waals surface area contributed by atoms with Gasteiger partial charge in [0.05, 0.1) is 17.1 Å². The van der Waals surface area contributed by atoms with E-state index in [1.165, 1.54) is 21.1 Å². The Bertz CT molecular complexity index is 1070. The highest BCUT2D eigenvalue weighted by Gasteiger charge is 2.49. The third-order valence-corrected chi connectivity index (χ3v) is 7.28. The summed E-state index contributed by atoms with van der Waals surface area (Å²) in [6.07, 6.45) is 3.29. The molecule has 1 amide bonds. The maximum Gasteiger partial charge on any atom is 0.255 e. The average Bonchev–Trinajstić information content (AvgIpc) is 3.43. The molecule has 6 heteroatoms. The zero-order valence-electron chi connectivity index (χ0n) is 16.4. The molecule has 1 aliphatic carbocycles. The number of carbonyl (C=O) groups is 1. The summed E-state index contributed by atoms with van der Waals surface area (Å²) in [5.74, 6) is -0.146. The first kappa shape index (κ1) is 18.3. The van der Waals surface area contributed by atoms with Crippen molar-refractivity contribution in [2.45, 2.75) is 31.2 Å². The lowest BCUT2D eigenvalue weighted by molar-refractivity contribution is 0.102. The quantitative estimate of drug-likeness (QED) is 0.644. The summed E-state index contributed by atoms with van der Waals surface area (Å²) in [5.41, 5.74) is 10.3. The molecule has 0 unspecified atom stereocenters. The number of hydrogen-bond acceptors (Lipinski definition) is 5. The number of anilines is 2. The third-order valence-electron chi connectivity index (χ3n) is 5.99. The van der Waals surface area contributed by atoms with Crippen molar-refractivity contribution in [3.05, 3.63) is 75.2 Å². The maximum absolute atomic E-state index is 12.6. The van der Waals surface area contributed by atoms with Crippen molar-refractivity contribution in [1.82, 2.24) is 9.88 Å². The van der Waals surface area contributed by atoms with Gasteiger partial charge >= 0.3 is 0 Å². The molecule has 2 aliphatic rings. The molecule has 1 fully saturated rings. The van der Waals surface area contributed by atoms with Crippen LogP contribution in [0.1, 0.15) is 44.3 Å². The summed E-state index contributed by atoms with van der Waals surface area (Å²) in [5, 5.41) is 4.13. The molecule has 1 aliphatic heterocycles. The van der Waals surface area contributed by atoms with Gasteiger partial charge in [-0.3, -0.25) is 4.79 Å². The standard InChI is InChI=1S/C23H24N4OS/c1-27-13-10-19-20(14-27)29-22(26-19)23(11-12-23)16-8-6-15(7-9-16)21(28)25-18-5-3-2-4-17(18)24/h2-9H,10-14,24H2,1H3,(H,25,28). The van der Waals surface area contributed by atoms with E-state index < -0.39 is 0 Å². The molecule has 1 aromatic heterocycles. The van der Waals surface area contributed by atoms with Gasteiger partial charge in [-0.2, -0.15) is 0 Å². The Labute approximate surface area is 174 Å². The van der Waals surface area contributed by atoms with E-state index in [4.69, 9.17) is 10.7 Å². The smallest absolute Gasteiger partial charge is 0.255 e. The normalized spacial score (nSPS) is 17.6. The Hall–Kier alpha value is -2.70. The molecule has 0 spiro atoms. The van der Waals surface area contributed by atoms with Gasteiger partial charge in [-0.1, -0.05) is 24.3 Å². The molecule has 3 N–H and O–H groups in total. The Kier molecular flexibility index (Phi) is 4.41. The first-order valence-corrected chi connectivity index (χ1v) is 10.8. The zero-order valence-corrected chi connectivity index (χ0v) is 17.3. The lowest BCUT2D eigenvalue weighted by Crippen LogP contribution is -2.25. The van der Waals surface area contributed by atoms with Gasteiger partial charge < -0.3 is 16.0 Å². The number of benzene rings is 2. The van der Waals surface area contributed by atoms with E-state index in [9.17, 15) is 4.79 Å². The molecule has 2 aromatic carbocycles. The monoisotopic (exact) mass is 404 g/mol. The van der Waals surface area contributed by atoms with Gasteiger partial charge in [0, 0.05) is 35.4 Å². The number of nitrogens with zero attached hydrogens (tertiary/aromatic N) is 2. The van der Waals surface area contributed by atoms with Crippen LogP contribution in [0.5, 0.6) is 0 Å². The van der Waals surface area contributed by atoms with Gasteiger partial charge in [0.1, 0.15) is 5.01 Å². The first-order valence-electron chi connectivity index (χ1n) is 9.99. The van der Waals surface area contributed by atoms with Crippen LogP contribution in [0.25, 0.3) is 0 Å². The van der Waals surface area contributed by atoms with Crippen LogP contribution in [0.3, 0.4) is 0 Å². The summed E-state index contributed by atoms with van der Waals surface area (Å²) in [4.78, 5) is 21.4. The van der Waals surface area contributed by atoms with E-state index >= 15 is 0 Å². The second kappa shape index (κ2) is 6.97. The van der Waals surface area contributed by atoms with Crippen molar-refractivity contribution in [2.75, 3.05) is 24.6 Å². The predicted octanol–water partition coefficient (Wildman–Crippen LogP) is 4.05. The number of nitrogens with one attached hydrogen (secondary N) is 1. The lowest BCUT2D eigenvalue weighted by atomic mass is 9.95. The number of likely N-dealkylation sites (N-methyl/N-ethyl adjacent to an activating group) is 1. The Morgan fingerprint density at radius 1 is 1.17 bits per heavy atom. The predicted molar refractivity (Wildman–Crippen MR) is 117 cm³/mol. The molecular formula is C23H24N4OS. The van der Waals surface area contributed by atoms with Gasteiger partial charge in [0.15, 0.2) is 0 Å². The van der Waals surface area contributed by atoms with Crippen molar-refractivity contribution in [1.29, 1.82) is 0 Å². The second-order valence-corrected chi connectivity index (χ2v) is 9.16. The van der Waals surface area contributed by atoms with Crippen molar-refractivity contribution >= 4 is 28.6 Å². The largest absolute Gasteiger partial charge is 0.397 e. The number of aromatic nitrogens is 1. The van der Waals surface area contributed by atoms with Gasteiger partial charge in [0.2, 0.25) is 0 Å². The van der Waals surface area contributed by atoms with Gasteiger partial charge in [0.25, 0.3) is 5.91 Å². The number of rotatable bonds is 4. The summed E-state index contributed by atoms with van der Waals surface area (Å²) in [6.45, 7) is 2.09. The number of thiazole rings is 1. The van der Waals surface area contributed by atoms with Crippen LogP contribution in [-0.2, 0) is 18.4 Å². The average molecular weight is 405 g/mol. The van der Waals surface area contributed by atoms with Crippen molar-refractivity contribution in [3.8, 4) is 0 Å². The highest BCUT2D eigenvalue weighted by Crippen LogP contribution is 2.55. The van der Waals surface area contributed by atoms with Crippen molar-refractivity contribution in [3.63, 3.8) is 0 Å². The molecular weight excluding hydrogens is 380 g/mol. The number of nitrogens with two attached hydrogens (primary N) is 1. The molecule has 5 nitrogen and oxygen atoms in total. The molecule has 3 aromatic rings. The zero-order chi connectivity index (χ0) is 20.0. The molecule has 0 bridgehead atoms. The summed E-state index contributed by atoms with van der Waals surface area (Å²) >= 11 is 1.87. The minimum absolute atomic E-state index is 0.0411. The van der Waals surface area contributed by atoms with Crippen LogP contribution in [0.15, 0.2) is 48.5 Å². The van der Waals surface area contributed by atoms with Gasteiger partial charge in [-0.25, -0.2) is 4.98 Å². The molecule has 1 saturated carbocycles. The molecule has 5 rings (SSSR count). The molecule has 148 valence electrons. The van der Waals surface area contributed by atoms with E-state index in [0.717, 1.165) is 32.4 Å². The van der Waals surface area contributed by atoms with Gasteiger partial charge in [-0.05, 0) is 49.7 Å². The second-order valence-electron chi connectivity index (χ2n) is 8.08. The Morgan fingerprint density at radius 3 is 2.66 bits per heavy atom. The topological polar surface area (TPSA) is 71.2 Å². The third kappa shape index (κ3) is 3.32. The van der Waals surface area contributed by atoms with E-state index in [-0.39, 0.29) is 11.3 Å². The van der Waals surface area contributed by atoms with E-state index in [1.54, 1.807) is 6.07 Å². The Balaban J connectivity index is 1.36. The van der Waals surface area contributed by atoms with Crippen LogP contribution < -0.4 is 11.1 Å². The number of fused-ring (bicyclic) bond motifs is 1. The molecule has 0 radical (unpaired) electrons. The number of amides is 1. The fourth-order valence-corrected chi connectivity index (χ4v) is 5.48. The highest BCUT2D eigenvalue weighted by atomic mass is 32.1. The van der Waals surface area contributed by atoms with Crippen LogP contribution in [0.4, 0.5) is 11.4 Å². The molecule has 0 atom stereocenters. The lowest BCUT2D eigenvalue weighted by Gasteiger charge is -2.20. The van der Waals surface area contributed by atoms with Crippen molar-refractivity contribution in [2.24, 2.45) is 0 Å². The Morgan fingerprint density at radius 2 is 1.93 bits per heavy atom. The van der Waals surface area contributed by atoms with Crippen LogP contribution in [0, 0.1) is 0 Å². The van der Waals surface area contributed by atoms with Crippen LogP contribution in [0.2, 0.25) is 0 Å². The fraction of sp³-hybridized carbons (Fsp3) is 0.304. The number of carbonyl (C=O) groups excluding carboxylic acids is 1.